The van der Waals surface area contributed by atoms with E-state index in [9.17, 15) is 19.8 Å². The summed E-state index contributed by atoms with van der Waals surface area (Å²) in [7, 11) is -0.905. The average Bonchev–Trinajstić information content (AvgIpc) is 3.11. The molecule has 3 rings (SSSR count). The third-order valence-electron chi connectivity index (χ3n) is 3.86. The summed E-state index contributed by atoms with van der Waals surface area (Å²) < 4.78 is 6.99. The van der Waals surface area contributed by atoms with Crippen molar-refractivity contribution in [3.05, 3.63) is 49.4 Å². The Morgan fingerprint density at radius 3 is 2.68 bits per heavy atom. The first-order valence-corrected chi connectivity index (χ1v) is 8.44. The van der Waals surface area contributed by atoms with E-state index in [0.717, 1.165) is 0 Å². The van der Waals surface area contributed by atoms with E-state index >= 15 is 0 Å². The molecule has 1 aromatic heterocycles. The number of nitrogens with one attached hydrogen (secondary N) is 1. The minimum Gasteiger partial charge on any atom is -0.394 e. The highest BCUT2D eigenvalue weighted by molar-refractivity contribution is 8.22. The topological polar surface area (TPSA) is 105 Å². The van der Waals surface area contributed by atoms with Crippen LogP contribution in [-0.4, -0.2) is 38.6 Å². The maximum Gasteiger partial charge on any atom is 0.331 e. The van der Waals surface area contributed by atoms with Crippen LogP contribution in [0.3, 0.4) is 0 Å². The molecule has 7 nitrogen and oxygen atoms in total. The smallest absolute Gasteiger partial charge is 0.331 e. The summed E-state index contributed by atoms with van der Waals surface area (Å²) in [5.74, 6) is 0. The van der Waals surface area contributed by atoms with Crippen molar-refractivity contribution in [1.29, 1.82) is 0 Å². The molecular weight excluding hydrogens is 308 g/mol. The summed E-state index contributed by atoms with van der Waals surface area (Å²) in [6.07, 6.45) is 1.68. The molecule has 0 aromatic carbocycles. The molecule has 2 aliphatic heterocycles. The number of aromatic nitrogens is 2. The number of rotatable bonds is 3. The van der Waals surface area contributed by atoms with E-state index in [2.05, 4.69) is 4.98 Å². The molecule has 0 saturated carbocycles. The van der Waals surface area contributed by atoms with Crippen LogP contribution >= 0.6 is 10.9 Å². The summed E-state index contributed by atoms with van der Waals surface area (Å²) in [6, 6.07) is 0. The number of aromatic amines is 1. The lowest BCUT2D eigenvalue weighted by Crippen LogP contribution is -2.36. The van der Waals surface area contributed by atoms with Gasteiger partial charge in [-0.15, -0.1) is 0 Å². The van der Waals surface area contributed by atoms with Crippen molar-refractivity contribution in [2.75, 3.05) is 6.61 Å². The van der Waals surface area contributed by atoms with Gasteiger partial charge in [0.15, 0.2) is 0 Å². The predicted molar refractivity (Wildman–Crippen MR) is 83.2 cm³/mol. The summed E-state index contributed by atoms with van der Waals surface area (Å²) in [6.45, 7) is 1.35. The van der Waals surface area contributed by atoms with Crippen LogP contribution in [0.25, 0.3) is 0 Å². The van der Waals surface area contributed by atoms with Crippen molar-refractivity contribution in [1.82, 2.24) is 9.55 Å². The van der Waals surface area contributed by atoms with Gasteiger partial charge in [-0.3, -0.25) is 14.3 Å². The molecule has 8 heteroatoms. The van der Waals surface area contributed by atoms with Crippen molar-refractivity contribution in [2.45, 2.75) is 36.8 Å². The Morgan fingerprint density at radius 2 is 2.09 bits per heavy atom. The first-order valence-electron chi connectivity index (χ1n) is 6.96. The lowest BCUT2D eigenvalue weighted by Gasteiger charge is -2.23. The highest BCUT2D eigenvalue weighted by atomic mass is 32.2. The van der Waals surface area contributed by atoms with E-state index in [-0.39, 0.29) is 13.0 Å². The Hall–Kier alpha value is -1.61. The van der Waals surface area contributed by atoms with E-state index < -0.39 is 40.6 Å². The molecule has 3 N–H and O–H groups in total. The normalized spacial score (nSPS) is 28.7. The van der Waals surface area contributed by atoms with Gasteiger partial charge in [0.2, 0.25) is 0 Å². The molecule has 0 aliphatic carbocycles. The van der Waals surface area contributed by atoms with Crippen LogP contribution in [0.4, 0.5) is 0 Å². The number of aliphatic hydroxyl groups is 2. The van der Waals surface area contributed by atoms with Gasteiger partial charge in [-0.1, -0.05) is 12.2 Å². The average molecular weight is 326 g/mol. The van der Waals surface area contributed by atoms with Gasteiger partial charge in [-0.05, 0) is 17.7 Å². The van der Waals surface area contributed by atoms with E-state index in [1.54, 1.807) is 6.92 Å². The lowest BCUT2D eigenvalue weighted by atomic mass is 10.2. The lowest BCUT2D eigenvalue weighted by molar-refractivity contribution is -0.0488. The minimum atomic E-state index is -0.905. The number of nitrogens with zero attached hydrogens (tertiary/aromatic N) is 1. The zero-order valence-electron chi connectivity index (χ0n) is 12.0. The fourth-order valence-corrected chi connectivity index (χ4v) is 4.64. The summed E-state index contributed by atoms with van der Waals surface area (Å²) in [5, 5.41) is 23.6. The number of allylic oxidation sites excluding steroid dienone is 2. The zero-order valence-corrected chi connectivity index (χ0v) is 12.9. The van der Waals surface area contributed by atoms with Crippen molar-refractivity contribution < 1.29 is 14.9 Å². The Kier molecular flexibility index (Phi) is 4.09. The first kappa shape index (κ1) is 15.3. The Bertz CT molecular complexity index is 739. The van der Waals surface area contributed by atoms with Gasteiger partial charge >= 0.3 is 5.69 Å². The van der Waals surface area contributed by atoms with Gasteiger partial charge in [0.25, 0.3) is 5.56 Å². The molecule has 1 fully saturated rings. The highest BCUT2D eigenvalue weighted by Gasteiger charge is 2.36. The number of thiol groups is 1. The molecule has 1 saturated heterocycles. The second-order valence-corrected chi connectivity index (χ2v) is 7.12. The maximum absolute atomic E-state index is 12.3. The highest BCUT2D eigenvalue weighted by Crippen LogP contribution is 2.44. The molecule has 0 spiro atoms. The van der Waals surface area contributed by atoms with Crippen LogP contribution in [0, 0.1) is 6.92 Å². The Morgan fingerprint density at radius 1 is 1.41 bits per heavy atom. The van der Waals surface area contributed by atoms with Crippen LogP contribution in [0.15, 0.2) is 37.6 Å². The first-order chi connectivity index (χ1) is 10.5. The zero-order chi connectivity index (χ0) is 15.9. The number of hydrogen-bond donors (Lipinski definition) is 4. The molecule has 120 valence electrons. The minimum absolute atomic E-state index is 0.195. The summed E-state index contributed by atoms with van der Waals surface area (Å²) in [4.78, 5) is 26.5. The molecule has 0 radical (unpaired) electrons. The van der Waals surface area contributed by atoms with Gasteiger partial charge < -0.3 is 14.9 Å². The number of hydrogen-bond acceptors (Lipinski definition) is 5. The molecule has 22 heavy (non-hydrogen) atoms. The Labute approximate surface area is 128 Å². The van der Waals surface area contributed by atoms with Crippen LogP contribution in [-0.2, 0) is 4.74 Å². The van der Waals surface area contributed by atoms with E-state index in [1.165, 1.54) is 4.57 Å². The van der Waals surface area contributed by atoms with Crippen LogP contribution in [0.2, 0.25) is 0 Å². The van der Waals surface area contributed by atoms with Gasteiger partial charge in [-0.25, -0.2) is 4.79 Å². The number of aliphatic hydroxyl groups excluding tert-OH is 2. The van der Waals surface area contributed by atoms with Crippen molar-refractivity contribution in [2.24, 2.45) is 0 Å². The third-order valence-corrected chi connectivity index (χ3v) is 5.89. The maximum atomic E-state index is 12.3. The van der Waals surface area contributed by atoms with Crippen LogP contribution in [0.5, 0.6) is 0 Å². The van der Waals surface area contributed by atoms with Crippen molar-refractivity contribution in [3.8, 4) is 0 Å². The van der Waals surface area contributed by atoms with E-state index in [0.29, 0.717) is 10.6 Å². The van der Waals surface area contributed by atoms with Gasteiger partial charge in [0.05, 0.1) is 17.7 Å². The molecule has 0 unspecified atom stereocenters. The SMILES string of the molecule is Cc1c([SH]2C=CC=C2)n([C@H]2C[C@H](O)[C@@H](CO)O2)c(=O)[nH]c1=O. The molecular formula is C14H18N2O5S. The number of H-pyrrole nitrogens is 1. The third kappa shape index (κ3) is 2.48. The fourth-order valence-electron chi connectivity index (χ4n) is 2.73. The van der Waals surface area contributed by atoms with Gasteiger partial charge in [0, 0.05) is 12.0 Å². The quantitative estimate of drug-likeness (QED) is 0.458. The summed E-state index contributed by atoms with van der Waals surface area (Å²) >= 11 is 0. The second-order valence-electron chi connectivity index (χ2n) is 5.28. The van der Waals surface area contributed by atoms with E-state index in [1.807, 2.05) is 23.0 Å². The largest absolute Gasteiger partial charge is 0.394 e. The fraction of sp³-hybridized carbons (Fsp3) is 0.429. The molecule has 3 atom stereocenters. The van der Waals surface area contributed by atoms with Crippen LogP contribution < -0.4 is 11.2 Å². The van der Waals surface area contributed by atoms with Gasteiger partial charge in [0.1, 0.15) is 12.3 Å². The van der Waals surface area contributed by atoms with Gasteiger partial charge in [-0.2, -0.15) is 10.9 Å². The Balaban J connectivity index is 2.13. The number of ether oxygens (including phenoxy) is 1. The summed E-state index contributed by atoms with van der Waals surface area (Å²) in [5.41, 5.74) is -0.505. The molecule has 2 aliphatic rings. The van der Waals surface area contributed by atoms with Crippen LogP contribution in [0.1, 0.15) is 18.2 Å². The molecule has 1 aromatic rings. The van der Waals surface area contributed by atoms with Crippen molar-refractivity contribution >= 4 is 10.9 Å². The second kappa shape index (κ2) is 5.88. The molecule has 3 heterocycles. The molecule has 0 amide bonds. The standard InChI is InChI=1S/C14H18N2O5S/c1-8-12(19)15-14(20)16(13(8)22-4-2-3-5-22)11-6-9(18)10(7-17)21-11/h2-5,9-11,17-18,22H,6-7H2,1H3,(H,15,19,20)/t9-,10+,11+/m0/s1. The monoisotopic (exact) mass is 326 g/mol. The molecule has 0 bridgehead atoms. The van der Waals surface area contributed by atoms with Crippen molar-refractivity contribution in [3.63, 3.8) is 0 Å². The predicted octanol–water partition coefficient (Wildman–Crippen LogP) is -0.113. The van der Waals surface area contributed by atoms with E-state index in [4.69, 9.17) is 4.74 Å².